The normalized spacial score (nSPS) is 28.1. The second-order valence-electron chi connectivity index (χ2n) is 6.21. The second kappa shape index (κ2) is 6.34. The number of benzene rings is 1. The maximum atomic E-state index is 12.9. The molecular formula is C18H21NO3. The van der Waals surface area contributed by atoms with Crippen molar-refractivity contribution < 1.29 is 14.7 Å². The maximum Gasteiger partial charge on any atom is 0.307 e. The fourth-order valence-corrected chi connectivity index (χ4v) is 3.66. The number of likely N-dealkylation sites (tertiary alicyclic amines) is 1. The highest BCUT2D eigenvalue weighted by molar-refractivity contribution is 5.86. The van der Waals surface area contributed by atoms with Crippen LogP contribution in [-0.4, -0.2) is 28.4 Å². The first-order valence-corrected chi connectivity index (χ1v) is 7.87. The molecule has 1 heterocycles. The third kappa shape index (κ3) is 2.91. The van der Waals surface area contributed by atoms with E-state index < -0.39 is 11.9 Å². The lowest BCUT2D eigenvalue weighted by atomic mass is 9.75. The van der Waals surface area contributed by atoms with Crippen LogP contribution in [-0.2, 0) is 16.1 Å². The molecule has 1 saturated heterocycles. The summed E-state index contributed by atoms with van der Waals surface area (Å²) in [5, 5.41) is 9.49. The van der Waals surface area contributed by atoms with Gasteiger partial charge < -0.3 is 10.0 Å². The quantitative estimate of drug-likeness (QED) is 0.873. The molecular weight excluding hydrogens is 278 g/mol. The molecule has 22 heavy (non-hydrogen) atoms. The van der Waals surface area contributed by atoms with Crippen LogP contribution in [0.2, 0.25) is 0 Å². The average Bonchev–Trinajstić information content (AvgIpc) is 2.74. The van der Waals surface area contributed by atoms with Gasteiger partial charge in [0.1, 0.15) is 0 Å². The van der Waals surface area contributed by atoms with E-state index >= 15 is 0 Å². The minimum Gasteiger partial charge on any atom is -0.481 e. The van der Waals surface area contributed by atoms with E-state index in [1.165, 1.54) is 0 Å². The summed E-state index contributed by atoms with van der Waals surface area (Å²) in [5.41, 5.74) is 1.09. The summed E-state index contributed by atoms with van der Waals surface area (Å²) in [6.45, 7) is 1.29. The number of aliphatic carboxylic acids is 1. The van der Waals surface area contributed by atoms with Gasteiger partial charge in [0.2, 0.25) is 5.91 Å². The molecule has 1 amide bonds. The van der Waals surface area contributed by atoms with Crippen molar-refractivity contribution in [2.75, 3.05) is 6.54 Å². The van der Waals surface area contributed by atoms with Crippen LogP contribution < -0.4 is 0 Å². The number of carbonyl (C=O) groups excluding carboxylic acids is 1. The second-order valence-corrected chi connectivity index (χ2v) is 6.21. The molecule has 1 fully saturated rings. The van der Waals surface area contributed by atoms with Gasteiger partial charge >= 0.3 is 5.97 Å². The fraction of sp³-hybridized carbons (Fsp3) is 0.444. The zero-order chi connectivity index (χ0) is 15.5. The number of hydrogen-bond acceptors (Lipinski definition) is 2. The van der Waals surface area contributed by atoms with E-state index in [-0.39, 0.29) is 17.7 Å². The van der Waals surface area contributed by atoms with Crippen molar-refractivity contribution >= 4 is 11.9 Å². The van der Waals surface area contributed by atoms with Crippen molar-refractivity contribution in [3.8, 4) is 0 Å². The first-order valence-electron chi connectivity index (χ1n) is 7.87. The van der Waals surface area contributed by atoms with Crippen LogP contribution in [0.15, 0.2) is 42.5 Å². The Labute approximate surface area is 130 Å². The van der Waals surface area contributed by atoms with Crippen LogP contribution in [0.5, 0.6) is 0 Å². The van der Waals surface area contributed by atoms with Crippen molar-refractivity contribution in [2.24, 2.45) is 17.8 Å². The summed E-state index contributed by atoms with van der Waals surface area (Å²) >= 11 is 0. The number of allylic oxidation sites excluding steroid dienone is 2. The molecule has 1 aliphatic carbocycles. The van der Waals surface area contributed by atoms with Crippen LogP contribution in [0, 0.1) is 17.8 Å². The van der Waals surface area contributed by atoms with Crippen LogP contribution >= 0.6 is 0 Å². The Balaban J connectivity index is 1.80. The lowest BCUT2D eigenvalue weighted by Crippen LogP contribution is -2.49. The van der Waals surface area contributed by atoms with Gasteiger partial charge in [-0.15, -0.1) is 0 Å². The molecule has 2 aliphatic rings. The summed E-state index contributed by atoms with van der Waals surface area (Å²) in [5.74, 6) is -1.65. The van der Waals surface area contributed by atoms with Crippen LogP contribution in [0.4, 0.5) is 0 Å². The third-order valence-corrected chi connectivity index (χ3v) is 4.84. The van der Waals surface area contributed by atoms with E-state index in [0.29, 0.717) is 13.0 Å². The van der Waals surface area contributed by atoms with Crippen molar-refractivity contribution in [1.29, 1.82) is 0 Å². The molecule has 1 aromatic rings. The molecule has 1 aromatic carbocycles. The molecule has 3 atom stereocenters. The van der Waals surface area contributed by atoms with E-state index in [9.17, 15) is 14.7 Å². The number of nitrogens with zero attached hydrogens (tertiary/aromatic N) is 1. The maximum absolute atomic E-state index is 12.9. The monoisotopic (exact) mass is 299 g/mol. The summed E-state index contributed by atoms with van der Waals surface area (Å²) in [6, 6.07) is 9.88. The predicted octanol–water partition coefficient (Wildman–Crippen LogP) is 2.70. The summed E-state index contributed by atoms with van der Waals surface area (Å²) in [6.07, 6.45) is 6.13. The molecule has 1 aliphatic heterocycles. The predicted molar refractivity (Wildman–Crippen MR) is 83.0 cm³/mol. The van der Waals surface area contributed by atoms with Gasteiger partial charge in [-0.1, -0.05) is 42.5 Å². The van der Waals surface area contributed by atoms with Gasteiger partial charge in [-0.05, 0) is 30.7 Å². The number of carboxylic acid groups (broad SMARTS) is 1. The van der Waals surface area contributed by atoms with E-state index in [1.807, 2.05) is 47.4 Å². The van der Waals surface area contributed by atoms with Gasteiger partial charge in [-0.2, -0.15) is 0 Å². The molecule has 0 bridgehead atoms. The van der Waals surface area contributed by atoms with Gasteiger partial charge in [0.15, 0.2) is 0 Å². The molecule has 4 heteroatoms. The number of rotatable bonds is 3. The number of fused-ring (bicyclic) bond motifs is 1. The zero-order valence-corrected chi connectivity index (χ0v) is 12.5. The zero-order valence-electron chi connectivity index (χ0n) is 12.5. The highest BCUT2D eigenvalue weighted by Gasteiger charge is 2.44. The Kier molecular flexibility index (Phi) is 4.27. The topological polar surface area (TPSA) is 57.6 Å². The molecule has 0 saturated carbocycles. The Bertz CT molecular complexity index is 581. The molecule has 0 spiro atoms. The van der Waals surface area contributed by atoms with Crippen LogP contribution in [0.25, 0.3) is 0 Å². The van der Waals surface area contributed by atoms with Gasteiger partial charge in [0.05, 0.1) is 11.8 Å². The van der Waals surface area contributed by atoms with E-state index in [4.69, 9.17) is 0 Å². The third-order valence-electron chi connectivity index (χ3n) is 4.84. The fourth-order valence-electron chi connectivity index (χ4n) is 3.66. The van der Waals surface area contributed by atoms with E-state index in [2.05, 4.69) is 0 Å². The van der Waals surface area contributed by atoms with Crippen molar-refractivity contribution in [3.05, 3.63) is 48.0 Å². The SMILES string of the molecule is O=C(O)C1CC=CCC2CCN(Cc3ccccc3)C(=O)C21. The molecule has 4 nitrogen and oxygen atoms in total. The highest BCUT2D eigenvalue weighted by Crippen LogP contribution is 2.37. The Morgan fingerprint density at radius 2 is 1.91 bits per heavy atom. The largest absolute Gasteiger partial charge is 0.481 e. The number of carbonyl (C=O) groups is 2. The number of carboxylic acids is 1. The van der Waals surface area contributed by atoms with Crippen molar-refractivity contribution in [3.63, 3.8) is 0 Å². The summed E-state index contributed by atoms with van der Waals surface area (Å²) in [4.78, 5) is 26.3. The number of piperidine rings is 1. The molecule has 3 rings (SSSR count). The number of hydrogen-bond donors (Lipinski definition) is 1. The molecule has 116 valence electrons. The van der Waals surface area contributed by atoms with Crippen molar-refractivity contribution in [2.45, 2.75) is 25.8 Å². The Morgan fingerprint density at radius 3 is 2.64 bits per heavy atom. The first-order chi connectivity index (χ1) is 10.7. The van der Waals surface area contributed by atoms with Crippen LogP contribution in [0.3, 0.4) is 0 Å². The van der Waals surface area contributed by atoms with E-state index in [1.54, 1.807) is 0 Å². The average molecular weight is 299 g/mol. The number of amides is 1. The summed E-state index contributed by atoms with van der Waals surface area (Å²) < 4.78 is 0. The lowest BCUT2D eigenvalue weighted by Gasteiger charge is -2.39. The minimum absolute atomic E-state index is 0.0104. The van der Waals surface area contributed by atoms with Crippen molar-refractivity contribution in [1.82, 2.24) is 4.90 Å². The first kappa shape index (κ1) is 14.8. The molecule has 1 N–H and O–H groups in total. The smallest absolute Gasteiger partial charge is 0.307 e. The Morgan fingerprint density at radius 1 is 1.18 bits per heavy atom. The lowest BCUT2D eigenvalue weighted by molar-refractivity contribution is -0.155. The summed E-state index contributed by atoms with van der Waals surface area (Å²) in [7, 11) is 0. The Hall–Kier alpha value is -2.10. The van der Waals surface area contributed by atoms with Gasteiger partial charge in [-0.25, -0.2) is 0 Å². The molecule has 0 aromatic heterocycles. The highest BCUT2D eigenvalue weighted by atomic mass is 16.4. The van der Waals surface area contributed by atoms with E-state index in [0.717, 1.165) is 24.9 Å². The van der Waals surface area contributed by atoms with Gasteiger partial charge in [0, 0.05) is 13.1 Å². The van der Waals surface area contributed by atoms with Gasteiger partial charge in [0.25, 0.3) is 0 Å². The van der Waals surface area contributed by atoms with Gasteiger partial charge in [-0.3, -0.25) is 9.59 Å². The standard InChI is InChI=1S/C18H21NO3/c20-17-16-14(8-4-5-9-15(16)18(21)22)10-11-19(17)12-13-6-2-1-3-7-13/h1-7,14-16H,8-12H2,(H,21,22). The molecule has 3 unspecified atom stereocenters. The van der Waals surface area contributed by atoms with Crippen LogP contribution in [0.1, 0.15) is 24.8 Å². The minimum atomic E-state index is -0.850. The molecule has 0 radical (unpaired) electrons.